The topological polar surface area (TPSA) is 100 Å². The minimum Gasteiger partial charge on any atom is -0.459 e. The molecule has 2 heterocycles. The van der Waals surface area contributed by atoms with Crippen molar-refractivity contribution in [3.05, 3.63) is 70.6 Å². The number of fused-ring (bicyclic) bond motifs is 1. The van der Waals surface area contributed by atoms with E-state index in [0.29, 0.717) is 27.1 Å². The van der Waals surface area contributed by atoms with Crippen molar-refractivity contribution in [1.29, 1.82) is 0 Å². The summed E-state index contributed by atoms with van der Waals surface area (Å²) in [4.78, 5) is 38.2. The molecule has 0 fully saturated rings. The standard InChI is InChI=1S/C21H15Cl2N3O4S/c22-11-3-5-13(14(8-11)25-20(28)16-2-1-7-30-16)24-19(27)10-18-21(29)26-15-9-12(23)4-6-17(15)31-18/h1-9,18H,10H2,(H,24,27)(H,25,28)(H,26,29). The molecule has 3 aromatic rings. The lowest BCUT2D eigenvalue weighted by Crippen LogP contribution is -2.32. The summed E-state index contributed by atoms with van der Waals surface area (Å²) in [6.45, 7) is 0. The zero-order valence-electron chi connectivity index (χ0n) is 15.8. The summed E-state index contributed by atoms with van der Waals surface area (Å²) < 4.78 is 5.08. The number of carbonyl (C=O) groups excluding carboxylic acids is 3. The maximum absolute atomic E-state index is 12.7. The van der Waals surface area contributed by atoms with E-state index in [1.807, 2.05) is 0 Å². The number of amides is 3. The molecule has 1 unspecified atom stereocenters. The Hall–Kier alpha value is -2.94. The van der Waals surface area contributed by atoms with E-state index in [0.717, 1.165) is 4.90 Å². The van der Waals surface area contributed by atoms with E-state index in [1.165, 1.54) is 30.2 Å². The van der Waals surface area contributed by atoms with E-state index in [-0.39, 0.29) is 24.0 Å². The minimum atomic E-state index is -0.609. The first-order valence-electron chi connectivity index (χ1n) is 9.10. The first kappa shape index (κ1) is 21.3. The van der Waals surface area contributed by atoms with Gasteiger partial charge in [0.1, 0.15) is 0 Å². The predicted octanol–water partition coefficient (Wildman–Crippen LogP) is 5.28. The fourth-order valence-electron chi connectivity index (χ4n) is 2.95. The number of hydrogen-bond acceptors (Lipinski definition) is 5. The first-order chi connectivity index (χ1) is 14.9. The Morgan fingerprint density at radius 2 is 1.81 bits per heavy atom. The van der Waals surface area contributed by atoms with Crippen LogP contribution >= 0.6 is 35.0 Å². The number of benzene rings is 2. The van der Waals surface area contributed by atoms with Gasteiger partial charge < -0.3 is 20.4 Å². The van der Waals surface area contributed by atoms with Gasteiger partial charge in [0.25, 0.3) is 5.91 Å². The number of hydrogen-bond donors (Lipinski definition) is 3. The number of anilines is 3. The zero-order chi connectivity index (χ0) is 22.0. The van der Waals surface area contributed by atoms with Gasteiger partial charge in [0, 0.05) is 21.4 Å². The molecule has 1 aromatic heterocycles. The van der Waals surface area contributed by atoms with Gasteiger partial charge in [0.05, 0.1) is 28.6 Å². The minimum absolute atomic E-state index is 0.0627. The average molecular weight is 476 g/mol. The summed E-state index contributed by atoms with van der Waals surface area (Å²) in [5, 5.41) is 8.45. The Morgan fingerprint density at radius 1 is 1.03 bits per heavy atom. The largest absolute Gasteiger partial charge is 0.459 e. The molecule has 0 spiro atoms. The highest BCUT2D eigenvalue weighted by molar-refractivity contribution is 8.01. The summed E-state index contributed by atoms with van der Waals surface area (Å²) in [5.41, 5.74) is 1.28. The number of rotatable bonds is 5. The van der Waals surface area contributed by atoms with Crippen LogP contribution < -0.4 is 16.0 Å². The summed E-state index contributed by atoms with van der Waals surface area (Å²) >= 11 is 13.3. The van der Waals surface area contributed by atoms with Crippen molar-refractivity contribution in [3.63, 3.8) is 0 Å². The molecule has 1 aliphatic heterocycles. The zero-order valence-corrected chi connectivity index (χ0v) is 18.1. The van der Waals surface area contributed by atoms with Crippen molar-refractivity contribution in [2.75, 3.05) is 16.0 Å². The molecule has 0 radical (unpaired) electrons. The fourth-order valence-corrected chi connectivity index (χ4v) is 4.38. The molecule has 10 heteroatoms. The Balaban J connectivity index is 1.45. The van der Waals surface area contributed by atoms with Gasteiger partial charge in [-0.2, -0.15) is 0 Å². The van der Waals surface area contributed by atoms with E-state index < -0.39 is 11.2 Å². The van der Waals surface area contributed by atoms with Crippen LogP contribution in [0.25, 0.3) is 0 Å². The van der Waals surface area contributed by atoms with Gasteiger partial charge in [-0.1, -0.05) is 23.2 Å². The third-order valence-electron chi connectivity index (χ3n) is 4.38. The van der Waals surface area contributed by atoms with E-state index in [1.54, 1.807) is 36.4 Å². The van der Waals surface area contributed by atoms with Crippen molar-refractivity contribution in [1.82, 2.24) is 0 Å². The lowest BCUT2D eigenvalue weighted by Gasteiger charge is -2.24. The van der Waals surface area contributed by atoms with Crippen LogP contribution in [0, 0.1) is 0 Å². The van der Waals surface area contributed by atoms with Crippen LogP contribution in [-0.2, 0) is 9.59 Å². The van der Waals surface area contributed by atoms with E-state index in [4.69, 9.17) is 27.6 Å². The van der Waals surface area contributed by atoms with Crippen molar-refractivity contribution >= 4 is 69.7 Å². The highest BCUT2D eigenvalue weighted by atomic mass is 35.5. The Labute approximate surface area is 191 Å². The molecule has 7 nitrogen and oxygen atoms in total. The van der Waals surface area contributed by atoms with E-state index in [9.17, 15) is 14.4 Å². The average Bonchev–Trinajstić information content (AvgIpc) is 3.26. The van der Waals surface area contributed by atoms with Crippen LogP contribution in [0.1, 0.15) is 17.0 Å². The molecular weight excluding hydrogens is 461 g/mol. The molecule has 3 N–H and O–H groups in total. The summed E-state index contributed by atoms with van der Waals surface area (Å²) in [5.74, 6) is -1.04. The predicted molar refractivity (Wildman–Crippen MR) is 121 cm³/mol. The van der Waals surface area contributed by atoms with Crippen LogP contribution in [0.4, 0.5) is 17.1 Å². The van der Waals surface area contributed by atoms with Gasteiger partial charge in [-0.25, -0.2) is 0 Å². The Morgan fingerprint density at radius 3 is 2.58 bits per heavy atom. The number of nitrogens with one attached hydrogen (secondary N) is 3. The molecule has 1 aliphatic rings. The van der Waals surface area contributed by atoms with Crippen LogP contribution in [0.2, 0.25) is 10.0 Å². The molecule has 1 atom stereocenters. The second-order valence-corrected chi connectivity index (χ2v) is 8.73. The molecule has 3 amide bonds. The van der Waals surface area contributed by atoms with E-state index >= 15 is 0 Å². The number of carbonyl (C=O) groups is 3. The van der Waals surface area contributed by atoms with Crippen LogP contribution in [0.15, 0.2) is 64.1 Å². The summed E-state index contributed by atoms with van der Waals surface area (Å²) in [7, 11) is 0. The molecule has 0 saturated carbocycles. The van der Waals surface area contributed by atoms with Crippen LogP contribution in [0.3, 0.4) is 0 Å². The maximum Gasteiger partial charge on any atom is 0.291 e. The molecular formula is C21H15Cl2N3O4S. The smallest absolute Gasteiger partial charge is 0.291 e. The second kappa shape index (κ2) is 9.05. The highest BCUT2D eigenvalue weighted by Crippen LogP contribution is 2.38. The van der Waals surface area contributed by atoms with Gasteiger partial charge >= 0.3 is 0 Å². The molecule has 31 heavy (non-hydrogen) atoms. The number of thioether (sulfide) groups is 1. The van der Waals surface area contributed by atoms with Gasteiger partial charge in [0.2, 0.25) is 11.8 Å². The number of halogens is 2. The second-order valence-electron chi connectivity index (χ2n) is 6.61. The van der Waals surface area contributed by atoms with E-state index in [2.05, 4.69) is 16.0 Å². The van der Waals surface area contributed by atoms with Crippen LogP contribution in [-0.4, -0.2) is 23.0 Å². The Kier molecular flexibility index (Phi) is 6.22. The molecule has 158 valence electrons. The monoisotopic (exact) mass is 475 g/mol. The first-order valence-corrected chi connectivity index (χ1v) is 10.7. The molecule has 4 rings (SSSR count). The van der Waals surface area contributed by atoms with Gasteiger partial charge in [-0.3, -0.25) is 14.4 Å². The highest BCUT2D eigenvalue weighted by Gasteiger charge is 2.29. The SMILES string of the molecule is O=C(CC1Sc2ccc(Cl)cc2NC1=O)Nc1ccc(Cl)cc1NC(=O)c1ccco1. The van der Waals surface area contributed by atoms with Crippen molar-refractivity contribution in [2.24, 2.45) is 0 Å². The summed E-state index contributed by atoms with van der Waals surface area (Å²) in [6.07, 6.45) is 1.32. The molecule has 0 aliphatic carbocycles. The van der Waals surface area contributed by atoms with Crippen molar-refractivity contribution < 1.29 is 18.8 Å². The summed E-state index contributed by atoms with van der Waals surface area (Å²) in [6, 6.07) is 13.0. The maximum atomic E-state index is 12.7. The van der Waals surface area contributed by atoms with Gasteiger partial charge in [-0.05, 0) is 48.5 Å². The lowest BCUT2D eigenvalue weighted by atomic mass is 10.2. The van der Waals surface area contributed by atoms with Gasteiger partial charge in [0.15, 0.2) is 5.76 Å². The Bertz CT molecular complexity index is 1170. The third-order valence-corrected chi connectivity index (χ3v) is 6.13. The third kappa shape index (κ3) is 5.04. The van der Waals surface area contributed by atoms with Crippen LogP contribution in [0.5, 0.6) is 0 Å². The molecule has 2 aromatic carbocycles. The van der Waals surface area contributed by atoms with Crippen molar-refractivity contribution in [3.8, 4) is 0 Å². The molecule has 0 saturated heterocycles. The normalized spacial score (nSPS) is 15.0. The quantitative estimate of drug-likeness (QED) is 0.465. The fraction of sp³-hybridized carbons (Fsp3) is 0.0952. The van der Waals surface area contributed by atoms with Crippen molar-refractivity contribution in [2.45, 2.75) is 16.6 Å². The van der Waals surface area contributed by atoms with Gasteiger partial charge in [-0.15, -0.1) is 11.8 Å². The lowest BCUT2D eigenvalue weighted by molar-refractivity contribution is -0.120. The molecule has 0 bridgehead atoms. The number of furan rings is 1.